The Balaban J connectivity index is 2.17. The first-order chi connectivity index (χ1) is 10.0. The molecule has 0 radical (unpaired) electrons. The Morgan fingerprint density at radius 2 is 1.90 bits per heavy atom. The Morgan fingerprint density at radius 1 is 1.19 bits per heavy atom. The molecule has 0 spiro atoms. The van der Waals surface area contributed by atoms with Crippen molar-refractivity contribution in [2.75, 3.05) is 24.3 Å². The average Bonchev–Trinajstić information content (AvgIpc) is 2.41. The van der Waals surface area contributed by atoms with Gasteiger partial charge in [0.25, 0.3) is 0 Å². The number of thioether (sulfide) groups is 1. The molecule has 2 rings (SSSR count). The van der Waals surface area contributed by atoms with Crippen LogP contribution in [-0.4, -0.2) is 29.7 Å². The first-order valence-electron chi connectivity index (χ1n) is 7.43. The predicted molar refractivity (Wildman–Crippen MR) is 91.0 cm³/mol. The Kier molecular flexibility index (Phi) is 5.39. The van der Waals surface area contributed by atoms with Crippen molar-refractivity contribution in [3.05, 3.63) is 18.2 Å². The Hall–Kier alpha value is -1.36. The van der Waals surface area contributed by atoms with Gasteiger partial charge in [-0.15, -0.1) is 0 Å². The molecular formula is C16H24N2O2S. The van der Waals surface area contributed by atoms with Crippen molar-refractivity contribution in [3.8, 4) is 11.5 Å². The molecule has 0 amide bonds. The minimum atomic E-state index is 0.0155. The SMILES string of the molecule is CCOc1ccc(NC2=NC(C)(C)CCS2)cc1OCC. The van der Waals surface area contributed by atoms with Gasteiger partial charge in [-0.1, -0.05) is 11.8 Å². The first-order valence-corrected chi connectivity index (χ1v) is 8.42. The van der Waals surface area contributed by atoms with E-state index in [0.29, 0.717) is 13.2 Å². The van der Waals surface area contributed by atoms with Crippen molar-refractivity contribution in [2.24, 2.45) is 4.99 Å². The van der Waals surface area contributed by atoms with Gasteiger partial charge in [0.15, 0.2) is 16.7 Å². The lowest BCUT2D eigenvalue weighted by atomic mass is 10.0. The van der Waals surface area contributed by atoms with E-state index in [9.17, 15) is 0 Å². The number of aliphatic imine (C=N–C) groups is 1. The molecule has 0 unspecified atom stereocenters. The zero-order valence-corrected chi connectivity index (χ0v) is 14.0. The van der Waals surface area contributed by atoms with Gasteiger partial charge in [0.2, 0.25) is 0 Å². The summed E-state index contributed by atoms with van der Waals surface area (Å²) in [6.45, 7) is 9.52. The number of amidine groups is 1. The fourth-order valence-corrected chi connectivity index (χ4v) is 3.37. The molecule has 0 saturated heterocycles. The highest BCUT2D eigenvalue weighted by Crippen LogP contribution is 2.32. The number of rotatable bonds is 5. The molecule has 21 heavy (non-hydrogen) atoms. The number of anilines is 1. The molecular weight excluding hydrogens is 284 g/mol. The molecule has 0 aromatic heterocycles. The van der Waals surface area contributed by atoms with Gasteiger partial charge >= 0.3 is 0 Å². The number of ether oxygens (including phenoxy) is 2. The molecule has 1 heterocycles. The fraction of sp³-hybridized carbons (Fsp3) is 0.562. The smallest absolute Gasteiger partial charge is 0.163 e. The molecule has 1 aromatic carbocycles. The van der Waals surface area contributed by atoms with E-state index in [2.05, 4.69) is 19.2 Å². The van der Waals surface area contributed by atoms with Crippen molar-refractivity contribution in [1.29, 1.82) is 0 Å². The molecule has 1 N–H and O–H groups in total. The van der Waals surface area contributed by atoms with E-state index < -0.39 is 0 Å². The lowest BCUT2D eigenvalue weighted by Crippen LogP contribution is -2.27. The second-order valence-electron chi connectivity index (χ2n) is 5.48. The van der Waals surface area contributed by atoms with Crippen LogP contribution in [0.5, 0.6) is 11.5 Å². The van der Waals surface area contributed by atoms with Crippen molar-refractivity contribution >= 4 is 22.6 Å². The Labute approximate surface area is 131 Å². The maximum Gasteiger partial charge on any atom is 0.163 e. The maximum atomic E-state index is 5.65. The number of nitrogens with zero attached hydrogens (tertiary/aromatic N) is 1. The molecule has 0 aliphatic carbocycles. The van der Waals surface area contributed by atoms with E-state index in [-0.39, 0.29) is 5.54 Å². The Bertz CT molecular complexity index is 515. The fourth-order valence-electron chi connectivity index (χ4n) is 2.08. The maximum absolute atomic E-state index is 5.65. The molecule has 116 valence electrons. The zero-order valence-electron chi connectivity index (χ0n) is 13.2. The zero-order chi connectivity index (χ0) is 15.3. The molecule has 1 aliphatic heterocycles. The minimum Gasteiger partial charge on any atom is -0.490 e. The molecule has 0 fully saturated rings. The van der Waals surface area contributed by atoms with Crippen molar-refractivity contribution < 1.29 is 9.47 Å². The summed E-state index contributed by atoms with van der Waals surface area (Å²) in [5.74, 6) is 2.64. The molecule has 0 bridgehead atoms. The van der Waals surface area contributed by atoms with Gasteiger partial charge in [0, 0.05) is 17.5 Å². The van der Waals surface area contributed by atoms with Crippen LogP contribution in [0.4, 0.5) is 5.69 Å². The van der Waals surface area contributed by atoms with E-state index in [1.807, 2.05) is 32.0 Å². The van der Waals surface area contributed by atoms with Gasteiger partial charge in [-0.05, 0) is 46.2 Å². The van der Waals surface area contributed by atoms with E-state index >= 15 is 0 Å². The molecule has 0 saturated carbocycles. The molecule has 4 nitrogen and oxygen atoms in total. The van der Waals surface area contributed by atoms with Crippen LogP contribution >= 0.6 is 11.8 Å². The second kappa shape index (κ2) is 7.07. The first kappa shape index (κ1) is 16.0. The molecule has 0 atom stereocenters. The highest BCUT2D eigenvalue weighted by atomic mass is 32.2. The summed E-state index contributed by atoms with van der Waals surface area (Å²) in [7, 11) is 0. The van der Waals surface area contributed by atoms with Crippen LogP contribution in [0.25, 0.3) is 0 Å². The minimum absolute atomic E-state index is 0.0155. The van der Waals surface area contributed by atoms with Gasteiger partial charge in [-0.2, -0.15) is 0 Å². The highest BCUT2D eigenvalue weighted by molar-refractivity contribution is 8.14. The van der Waals surface area contributed by atoms with Gasteiger partial charge in [-0.3, -0.25) is 4.99 Å². The van der Waals surface area contributed by atoms with Crippen LogP contribution in [0.3, 0.4) is 0 Å². The van der Waals surface area contributed by atoms with E-state index in [4.69, 9.17) is 14.5 Å². The number of hydrogen-bond donors (Lipinski definition) is 1. The third kappa shape index (κ3) is 4.56. The number of nitrogens with one attached hydrogen (secondary N) is 1. The summed E-state index contributed by atoms with van der Waals surface area (Å²) < 4.78 is 11.2. The Morgan fingerprint density at radius 3 is 2.57 bits per heavy atom. The standard InChI is InChI=1S/C16H24N2O2S/c1-5-19-13-8-7-12(11-14(13)20-6-2)17-15-18-16(3,4)9-10-21-15/h7-8,11H,5-6,9-10H2,1-4H3,(H,17,18). The lowest BCUT2D eigenvalue weighted by molar-refractivity contribution is 0.288. The van der Waals surface area contributed by atoms with Crippen LogP contribution in [0, 0.1) is 0 Å². The second-order valence-corrected chi connectivity index (χ2v) is 6.56. The van der Waals surface area contributed by atoms with Crippen LogP contribution in [0.15, 0.2) is 23.2 Å². The summed E-state index contributed by atoms with van der Waals surface area (Å²) in [6.07, 6.45) is 1.11. The van der Waals surface area contributed by atoms with Crippen molar-refractivity contribution in [1.82, 2.24) is 0 Å². The third-order valence-corrected chi connectivity index (χ3v) is 4.03. The molecule has 1 aliphatic rings. The monoisotopic (exact) mass is 308 g/mol. The molecule has 1 aromatic rings. The summed E-state index contributed by atoms with van der Waals surface area (Å²) in [4.78, 5) is 4.74. The quantitative estimate of drug-likeness (QED) is 0.886. The largest absolute Gasteiger partial charge is 0.490 e. The van der Waals surface area contributed by atoms with Gasteiger partial charge in [0.05, 0.1) is 18.8 Å². The van der Waals surface area contributed by atoms with Crippen LogP contribution in [0.1, 0.15) is 34.1 Å². The predicted octanol–water partition coefficient (Wildman–Crippen LogP) is 4.17. The number of hydrogen-bond acceptors (Lipinski definition) is 5. The van der Waals surface area contributed by atoms with Crippen LogP contribution in [0.2, 0.25) is 0 Å². The number of benzene rings is 1. The summed E-state index contributed by atoms with van der Waals surface area (Å²) >= 11 is 1.76. The van der Waals surface area contributed by atoms with Gasteiger partial charge in [0.1, 0.15) is 0 Å². The highest BCUT2D eigenvalue weighted by Gasteiger charge is 2.22. The van der Waals surface area contributed by atoms with E-state index in [0.717, 1.165) is 34.5 Å². The summed E-state index contributed by atoms with van der Waals surface area (Å²) in [5, 5.41) is 4.35. The molecule has 5 heteroatoms. The van der Waals surface area contributed by atoms with Gasteiger partial charge < -0.3 is 14.8 Å². The van der Waals surface area contributed by atoms with Crippen molar-refractivity contribution in [3.63, 3.8) is 0 Å². The van der Waals surface area contributed by atoms with Crippen molar-refractivity contribution in [2.45, 2.75) is 39.7 Å². The summed E-state index contributed by atoms with van der Waals surface area (Å²) in [5.41, 5.74) is 0.993. The average molecular weight is 308 g/mol. The topological polar surface area (TPSA) is 42.8 Å². The lowest BCUT2D eigenvalue weighted by Gasteiger charge is -2.26. The van der Waals surface area contributed by atoms with E-state index in [1.165, 1.54) is 0 Å². The van der Waals surface area contributed by atoms with Gasteiger partial charge in [-0.25, -0.2) is 0 Å². The van der Waals surface area contributed by atoms with Crippen LogP contribution in [-0.2, 0) is 0 Å². The van der Waals surface area contributed by atoms with E-state index in [1.54, 1.807) is 11.8 Å². The third-order valence-electron chi connectivity index (χ3n) is 3.15. The van der Waals surface area contributed by atoms with Crippen LogP contribution < -0.4 is 14.8 Å². The summed E-state index contributed by atoms with van der Waals surface area (Å²) in [6, 6.07) is 5.91. The normalized spacial score (nSPS) is 17.0.